The number of carboxylic acids is 1. The second-order valence-electron chi connectivity index (χ2n) is 12.7. The van der Waals surface area contributed by atoms with E-state index in [2.05, 4.69) is 10.6 Å². The first-order valence-corrected chi connectivity index (χ1v) is 16.3. The van der Waals surface area contributed by atoms with E-state index in [9.17, 15) is 29.1 Å². The number of rotatable bonds is 4. The average Bonchev–Trinajstić information content (AvgIpc) is 3.43. The van der Waals surface area contributed by atoms with Crippen LogP contribution in [0, 0.1) is 5.92 Å². The summed E-state index contributed by atoms with van der Waals surface area (Å²) >= 11 is 6.12. The number of allylic oxidation sites excluding steroid dienone is 1. The van der Waals surface area contributed by atoms with Crippen molar-refractivity contribution in [3.8, 4) is 0 Å². The predicted molar refractivity (Wildman–Crippen MR) is 163 cm³/mol. The van der Waals surface area contributed by atoms with Crippen LogP contribution in [0.25, 0.3) is 0 Å². The molecule has 1 aliphatic carbocycles. The molecule has 4 aliphatic heterocycles. The third kappa shape index (κ3) is 6.95. The van der Waals surface area contributed by atoms with Gasteiger partial charge in [0.25, 0.3) is 0 Å². The Balaban J connectivity index is 1.20. The number of amides is 4. The Morgan fingerprint density at radius 2 is 1.89 bits per heavy atom. The number of halogens is 1. The van der Waals surface area contributed by atoms with Crippen molar-refractivity contribution in [2.24, 2.45) is 5.92 Å². The van der Waals surface area contributed by atoms with Crippen molar-refractivity contribution in [1.29, 1.82) is 0 Å². The summed E-state index contributed by atoms with van der Waals surface area (Å²) in [6.07, 6.45) is 5.21. The Bertz CT molecular complexity index is 1420. The first-order valence-electron chi connectivity index (χ1n) is 15.9. The van der Waals surface area contributed by atoms with Gasteiger partial charge in [-0.3, -0.25) is 14.5 Å². The van der Waals surface area contributed by atoms with Crippen molar-refractivity contribution in [3.05, 3.63) is 46.5 Å². The molecule has 6 rings (SSSR count). The smallest absolute Gasteiger partial charge is 0.410 e. The van der Waals surface area contributed by atoms with Crippen molar-refractivity contribution in [3.63, 3.8) is 0 Å². The molecule has 3 N–H and O–H groups in total. The van der Waals surface area contributed by atoms with Gasteiger partial charge in [-0.2, -0.15) is 0 Å². The van der Waals surface area contributed by atoms with Crippen LogP contribution >= 0.6 is 11.6 Å². The molecular formula is C32H39ClN4O9. The van der Waals surface area contributed by atoms with E-state index in [4.69, 9.17) is 25.8 Å². The van der Waals surface area contributed by atoms with E-state index in [1.807, 2.05) is 18.2 Å². The van der Waals surface area contributed by atoms with Crippen molar-refractivity contribution >= 4 is 41.6 Å². The summed E-state index contributed by atoms with van der Waals surface area (Å²) in [6, 6.07) is 3.30. The van der Waals surface area contributed by atoms with Crippen LogP contribution in [0.5, 0.6) is 0 Å². The summed E-state index contributed by atoms with van der Waals surface area (Å²) in [5.41, 5.74) is 0.395. The third-order valence-electron chi connectivity index (χ3n) is 9.49. The minimum atomic E-state index is -1.47. The fourth-order valence-electron chi connectivity index (χ4n) is 6.79. The highest BCUT2D eigenvalue weighted by Crippen LogP contribution is 2.45. The Morgan fingerprint density at radius 1 is 1.07 bits per heavy atom. The van der Waals surface area contributed by atoms with E-state index in [0.717, 1.165) is 30.4 Å². The molecule has 5 aliphatic rings. The lowest BCUT2D eigenvalue weighted by molar-refractivity contribution is -0.145. The summed E-state index contributed by atoms with van der Waals surface area (Å²) in [5, 5.41) is 16.0. The number of alkyl carbamates (subject to hydrolysis) is 1. The van der Waals surface area contributed by atoms with Crippen LogP contribution in [-0.4, -0.2) is 94.5 Å². The van der Waals surface area contributed by atoms with E-state index < -0.39 is 59.8 Å². The second kappa shape index (κ2) is 13.5. The molecule has 14 heteroatoms. The molecule has 0 aromatic heterocycles. The van der Waals surface area contributed by atoms with Gasteiger partial charge in [0.05, 0.1) is 19.8 Å². The number of hydrogen-bond acceptors (Lipinski definition) is 8. The van der Waals surface area contributed by atoms with Crippen LogP contribution in [0.1, 0.15) is 62.5 Å². The van der Waals surface area contributed by atoms with Crippen molar-refractivity contribution in [1.82, 2.24) is 20.4 Å². The SMILES string of the molecule is O=C(N[C@H]1CCCCC/C=C\[C@@H]2C[C@@]2(C(=O)O)NC(=O)[C@@H]2C[C@@H](OC(=O)N3Cc4ccc(Cl)cc4C3)CN2C1=O)O[C@@H]1CCOC1. The molecule has 1 aromatic rings. The third-order valence-corrected chi connectivity index (χ3v) is 9.73. The zero-order chi connectivity index (χ0) is 32.4. The maximum Gasteiger partial charge on any atom is 0.410 e. The molecule has 6 atom stereocenters. The standard InChI is InChI=1S/C32H39ClN4O9/c33-22-9-8-19-15-36(16-20(19)12-22)31(43)46-24-13-26-27(38)35-32(29(40)41)14-21(32)6-4-2-1-3-5-7-25(28(39)37(26)17-24)34-30(42)45-23-10-11-44-18-23/h4,6,8-9,12,21,23-26H,1-3,5,7,10-11,13-18H2,(H,34,42)(H,35,38)(H,40,41)/b6-4-/t21-,23-,24-,25+,26+,32-/m1/s1. The number of carbonyl (C=O) groups is 5. The van der Waals surface area contributed by atoms with Crippen molar-refractivity contribution in [2.45, 2.75) is 94.3 Å². The van der Waals surface area contributed by atoms with E-state index in [-0.39, 0.29) is 31.9 Å². The lowest BCUT2D eigenvalue weighted by Gasteiger charge is -2.29. The van der Waals surface area contributed by atoms with Gasteiger partial charge in [-0.15, -0.1) is 0 Å². The summed E-state index contributed by atoms with van der Waals surface area (Å²) in [7, 11) is 0. The zero-order valence-corrected chi connectivity index (χ0v) is 26.2. The van der Waals surface area contributed by atoms with Crippen molar-refractivity contribution in [2.75, 3.05) is 19.8 Å². The molecule has 248 valence electrons. The molecule has 0 bridgehead atoms. The average molecular weight is 659 g/mol. The van der Waals surface area contributed by atoms with Crippen LogP contribution in [0.4, 0.5) is 9.59 Å². The first-order chi connectivity index (χ1) is 22.1. The first kappa shape index (κ1) is 32.1. The number of nitrogens with zero attached hydrogens (tertiary/aromatic N) is 2. The second-order valence-corrected chi connectivity index (χ2v) is 13.2. The molecule has 0 spiro atoms. The maximum atomic E-state index is 14.1. The summed E-state index contributed by atoms with van der Waals surface area (Å²) in [6.45, 7) is 1.31. The van der Waals surface area contributed by atoms with E-state index in [1.54, 1.807) is 12.1 Å². The van der Waals surface area contributed by atoms with Gasteiger partial charge in [-0.1, -0.05) is 42.7 Å². The lowest BCUT2D eigenvalue weighted by Crippen LogP contribution is -2.56. The van der Waals surface area contributed by atoms with Gasteiger partial charge in [0.15, 0.2) is 0 Å². The maximum absolute atomic E-state index is 14.1. The number of benzene rings is 1. The minimum absolute atomic E-state index is 0.0251. The molecule has 46 heavy (non-hydrogen) atoms. The van der Waals surface area contributed by atoms with Gasteiger partial charge < -0.3 is 34.9 Å². The number of fused-ring (bicyclic) bond motifs is 3. The van der Waals surface area contributed by atoms with Gasteiger partial charge in [0.1, 0.15) is 29.8 Å². The predicted octanol–water partition coefficient (Wildman–Crippen LogP) is 3.13. The molecule has 2 saturated heterocycles. The highest BCUT2D eigenvalue weighted by atomic mass is 35.5. The van der Waals surface area contributed by atoms with Crippen LogP contribution in [0.3, 0.4) is 0 Å². The molecule has 0 unspecified atom stereocenters. The molecule has 1 aromatic carbocycles. The van der Waals surface area contributed by atoms with Gasteiger partial charge in [0, 0.05) is 36.9 Å². The molecule has 3 fully saturated rings. The van der Waals surface area contributed by atoms with Crippen LogP contribution in [0.15, 0.2) is 30.4 Å². The Morgan fingerprint density at radius 3 is 2.67 bits per heavy atom. The molecule has 1 saturated carbocycles. The number of aliphatic carboxylic acids is 1. The highest BCUT2D eigenvalue weighted by molar-refractivity contribution is 6.30. The van der Waals surface area contributed by atoms with Gasteiger partial charge >= 0.3 is 18.2 Å². The number of carboxylic acid groups (broad SMARTS) is 1. The number of carbonyl (C=O) groups excluding carboxylic acids is 4. The Hall–Kier alpha value is -3.84. The van der Waals surface area contributed by atoms with E-state index >= 15 is 0 Å². The zero-order valence-electron chi connectivity index (χ0n) is 25.5. The Labute approximate surface area is 271 Å². The molecule has 0 radical (unpaired) electrons. The topological polar surface area (TPSA) is 164 Å². The summed E-state index contributed by atoms with van der Waals surface area (Å²) in [5.74, 6) is -2.68. The quantitative estimate of drug-likeness (QED) is 0.413. The normalized spacial score (nSPS) is 31.8. The van der Waals surface area contributed by atoms with E-state index in [1.165, 1.54) is 9.80 Å². The fraction of sp³-hybridized carbons (Fsp3) is 0.594. The monoisotopic (exact) mass is 658 g/mol. The number of hydrogen-bond donors (Lipinski definition) is 3. The Kier molecular flexibility index (Phi) is 9.42. The largest absolute Gasteiger partial charge is 0.479 e. The summed E-state index contributed by atoms with van der Waals surface area (Å²) < 4.78 is 16.6. The van der Waals surface area contributed by atoms with Crippen LogP contribution in [0.2, 0.25) is 5.02 Å². The van der Waals surface area contributed by atoms with Gasteiger partial charge in [0.2, 0.25) is 11.8 Å². The number of ether oxygens (including phenoxy) is 3. The van der Waals surface area contributed by atoms with Crippen LogP contribution < -0.4 is 10.6 Å². The minimum Gasteiger partial charge on any atom is -0.479 e. The van der Waals surface area contributed by atoms with Crippen LogP contribution in [-0.2, 0) is 41.7 Å². The summed E-state index contributed by atoms with van der Waals surface area (Å²) in [4.78, 5) is 69.1. The number of nitrogens with one attached hydrogen (secondary N) is 2. The molecular weight excluding hydrogens is 620 g/mol. The lowest BCUT2D eigenvalue weighted by atomic mass is 10.0. The molecule has 4 heterocycles. The van der Waals surface area contributed by atoms with Gasteiger partial charge in [-0.05, 0) is 48.9 Å². The van der Waals surface area contributed by atoms with Crippen molar-refractivity contribution < 1.29 is 43.3 Å². The van der Waals surface area contributed by atoms with Gasteiger partial charge in [-0.25, -0.2) is 14.4 Å². The molecule has 13 nitrogen and oxygen atoms in total. The fourth-order valence-corrected chi connectivity index (χ4v) is 6.98. The van der Waals surface area contributed by atoms with E-state index in [0.29, 0.717) is 44.0 Å². The molecule has 4 amide bonds. The highest BCUT2D eigenvalue weighted by Gasteiger charge is 2.61.